The van der Waals surface area contributed by atoms with E-state index in [1.54, 1.807) is 6.08 Å². The number of nitrogens with one attached hydrogen (secondary N) is 1. The number of ether oxygens (including phenoxy) is 6. The van der Waals surface area contributed by atoms with Crippen LogP contribution in [-0.4, -0.2) is 193 Å². The van der Waals surface area contributed by atoms with Gasteiger partial charge in [-0.05, 0) is 44.9 Å². The summed E-state index contributed by atoms with van der Waals surface area (Å²) in [7, 11) is 0. The molecule has 19 heteroatoms. The Morgan fingerprint density at radius 2 is 0.583 bits per heavy atom. The van der Waals surface area contributed by atoms with Crippen molar-refractivity contribution in [3.8, 4) is 0 Å². The smallest absolute Gasteiger partial charge is 0.220 e. The lowest BCUT2D eigenvalue weighted by molar-refractivity contribution is -0.379. The lowest BCUT2D eigenvalue weighted by Crippen LogP contribution is -2.66. The fraction of sp³-hybridized carbons (Fsp3) is 0.944. The molecule has 3 saturated heterocycles. The van der Waals surface area contributed by atoms with Crippen molar-refractivity contribution in [1.29, 1.82) is 0 Å². The molecule has 0 spiro atoms. The van der Waals surface area contributed by atoms with Gasteiger partial charge in [0.1, 0.15) is 73.2 Å². The van der Waals surface area contributed by atoms with Crippen molar-refractivity contribution in [3.05, 3.63) is 24.3 Å². The second kappa shape index (κ2) is 69.6. The van der Waals surface area contributed by atoms with Gasteiger partial charge < -0.3 is 89.9 Å². The van der Waals surface area contributed by atoms with Crippen LogP contribution in [0.4, 0.5) is 0 Å². The van der Waals surface area contributed by atoms with Crippen LogP contribution in [0.15, 0.2) is 24.3 Å². The molecule has 0 bridgehead atoms. The number of aliphatic hydroxyl groups excluding tert-OH is 11. The summed E-state index contributed by atoms with van der Waals surface area (Å²) in [5.74, 6) is -0.266. The van der Waals surface area contributed by atoms with Gasteiger partial charge >= 0.3 is 0 Å². The average Bonchev–Trinajstić information content (AvgIpc) is 0.775. The van der Waals surface area contributed by atoms with E-state index in [1.165, 1.54) is 334 Å². The molecule has 3 aliphatic heterocycles. The van der Waals surface area contributed by atoms with Crippen molar-refractivity contribution in [1.82, 2.24) is 5.32 Å². The van der Waals surface area contributed by atoms with Crippen LogP contribution in [0, 0.1) is 0 Å². The molecule has 0 radical (unpaired) electrons. The van der Waals surface area contributed by atoms with Gasteiger partial charge in [0.05, 0.1) is 38.6 Å². The molecule has 0 saturated carbocycles. The molecular formula is C89H169NO18. The molecule has 0 aromatic rings. The summed E-state index contributed by atoms with van der Waals surface area (Å²) in [5.41, 5.74) is 0. The van der Waals surface area contributed by atoms with E-state index >= 15 is 0 Å². The van der Waals surface area contributed by atoms with E-state index in [2.05, 4.69) is 31.3 Å². The minimum absolute atomic E-state index is 0.249. The Balaban J connectivity index is 1.30. The van der Waals surface area contributed by atoms with Crippen LogP contribution in [-0.2, 0) is 33.2 Å². The lowest BCUT2D eigenvalue weighted by atomic mass is 9.96. The molecule has 19 nitrogen and oxygen atoms in total. The molecule has 12 N–H and O–H groups in total. The SMILES string of the molecule is CCCCCCCCCC/C=C\CCCCCCCCCCCCCCCCCCCCCCCCCCCCCC(=O)NC(COC1OC(CO)C(OC2OC(CO)C(OC3OC(CO)C(O)C(O)C3O)C(O)C2O)C(O)C1O)C(O)/C=C/CCCCCCCCCCCCCCCCCCCCCCCC. The summed E-state index contributed by atoms with van der Waals surface area (Å²) in [6, 6.07) is -0.972. The number of carbonyl (C=O) groups is 1. The predicted octanol–water partition coefficient (Wildman–Crippen LogP) is 17.2. The van der Waals surface area contributed by atoms with Gasteiger partial charge in [0, 0.05) is 6.42 Å². The van der Waals surface area contributed by atoms with Gasteiger partial charge in [-0.15, -0.1) is 0 Å². The minimum Gasteiger partial charge on any atom is -0.394 e. The highest BCUT2D eigenvalue weighted by molar-refractivity contribution is 5.76. The molecule has 0 aromatic heterocycles. The zero-order chi connectivity index (χ0) is 78.1. The van der Waals surface area contributed by atoms with Crippen LogP contribution < -0.4 is 5.32 Å². The van der Waals surface area contributed by atoms with Crippen LogP contribution in [0.1, 0.15) is 406 Å². The Bertz CT molecular complexity index is 2040. The molecule has 3 heterocycles. The van der Waals surface area contributed by atoms with Gasteiger partial charge in [-0.1, -0.05) is 378 Å². The first-order valence-corrected chi connectivity index (χ1v) is 45.6. The van der Waals surface area contributed by atoms with E-state index in [0.717, 1.165) is 44.9 Å². The normalized spacial score (nSPS) is 25.4. The fourth-order valence-electron chi connectivity index (χ4n) is 15.7. The number of amides is 1. The monoisotopic (exact) mass is 1540 g/mol. The van der Waals surface area contributed by atoms with Gasteiger partial charge in [0.25, 0.3) is 0 Å². The average molecular weight is 1540 g/mol. The first-order valence-electron chi connectivity index (χ1n) is 45.6. The van der Waals surface area contributed by atoms with Crippen LogP contribution in [0.25, 0.3) is 0 Å². The number of hydrogen-bond donors (Lipinski definition) is 12. The molecule has 108 heavy (non-hydrogen) atoms. The zero-order valence-corrected chi connectivity index (χ0v) is 68.9. The first-order chi connectivity index (χ1) is 52.8. The van der Waals surface area contributed by atoms with Crippen molar-refractivity contribution in [2.45, 2.75) is 510 Å². The number of carbonyl (C=O) groups excluding carboxylic acids is 1. The fourth-order valence-corrected chi connectivity index (χ4v) is 15.7. The highest BCUT2D eigenvalue weighted by Crippen LogP contribution is 2.34. The van der Waals surface area contributed by atoms with Gasteiger partial charge in [-0.2, -0.15) is 0 Å². The number of aliphatic hydroxyl groups is 11. The first kappa shape index (κ1) is 100. The Morgan fingerprint density at radius 1 is 0.324 bits per heavy atom. The second-order valence-corrected chi connectivity index (χ2v) is 32.8. The summed E-state index contributed by atoms with van der Waals surface area (Å²) in [4.78, 5) is 13.5. The zero-order valence-electron chi connectivity index (χ0n) is 68.9. The maximum atomic E-state index is 13.5. The maximum absolute atomic E-state index is 13.5. The van der Waals surface area contributed by atoms with Crippen LogP contribution in [0.3, 0.4) is 0 Å². The van der Waals surface area contributed by atoms with Gasteiger partial charge in [0.2, 0.25) is 5.91 Å². The Hall–Kier alpha value is -1.73. The van der Waals surface area contributed by atoms with Crippen LogP contribution >= 0.6 is 0 Å². The van der Waals surface area contributed by atoms with Gasteiger partial charge in [0.15, 0.2) is 18.9 Å². The third kappa shape index (κ3) is 48.0. The number of rotatable bonds is 75. The molecule has 0 aromatic carbocycles. The molecule has 3 aliphatic rings. The Labute approximate surface area is 658 Å². The summed E-state index contributed by atoms with van der Waals surface area (Å²) < 4.78 is 34.5. The summed E-state index contributed by atoms with van der Waals surface area (Å²) in [6.07, 6.45) is 60.6. The summed E-state index contributed by atoms with van der Waals surface area (Å²) >= 11 is 0. The molecule has 17 atom stereocenters. The predicted molar refractivity (Wildman–Crippen MR) is 434 cm³/mol. The van der Waals surface area contributed by atoms with Crippen molar-refractivity contribution >= 4 is 5.91 Å². The largest absolute Gasteiger partial charge is 0.394 e. The van der Waals surface area contributed by atoms with E-state index < -0.39 is 124 Å². The third-order valence-corrected chi connectivity index (χ3v) is 23.0. The van der Waals surface area contributed by atoms with Crippen LogP contribution in [0.5, 0.6) is 0 Å². The lowest BCUT2D eigenvalue weighted by Gasteiger charge is -2.48. The van der Waals surface area contributed by atoms with Crippen molar-refractivity contribution in [2.24, 2.45) is 0 Å². The van der Waals surface area contributed by atoms with E-state index in [4.69, 9.17) is 28.4 Å². The van der Waals surface area contributed by atoms with E-state index in [-0.39, 0.29) is 18.9 Å². The quantitative estimate of drug-likeness (QED) is 0.0199. The molecule has 1 amide bonds. The second-order valence-electron chi connectivity index (χ2n) is 32.8. The molecule has 3 fully saturated rings. The van der Waals surface area contributed by atoms with E-state index in [1.807, 2.05) is 6.08 Å². The molecule has 3 rings (SSSR count). The van der Waals surface area contributed by atoms with E-state index in [0.29, 0.717) is 6.42 Å². The van der Waals surface area contributed by atoms with Gasteiger partial charge in [-0.25, -0.2) is 0 Å². The molecule has 0 aliphatic carbocycles. The third-order valence-electron chi connectivity index (χ3n) is 23.0. The minimum atomic E-state index is -1.98. The van der Waals surface area contributed by atoms with Crippen molar-refractivity contribution in [3.63, 3.8) is 0 Å². The standard InChI is InChI=1S/C89H169NO18/c1-3-5-7-9-11-13-15-17-19-21-23-25-27-29-30-31-32-33-34-35-36-37-38-39-40-41-42-43-45-47-49-51-53-55-57-59-61-63-65-67-77(95)90-72(73(94)66-64-62-60-58-56-54-52-50-48-46-44-28-26-24-22-20-18-16-14-12-10-8-6-4-2)71-103-87-83(101)80(98)85(75(69-92)105-87)108-89-84(102)81(99)86(76(70-93)106-89)107-88-82(100)79(97)78(96)74(68-91)104-88/h21,23,64,66,72-76,78-89,91-94,96-102H,3-20,22,24-63,65,67-71H2,1-2H3,(H,90,95)/b23-21-,66-64+. The molecule has 638 valence electrons. The van der Waals surface area contributed by atoms with Crippen LogP contribution in [0.2, 0.25) is 0 Å². The maximum Gasteiger partial charge on any atom is 0.220 e. The topological polar surface area (TPSA) is 307 Å². The van der Waals surface area contributed by atoms with Crippen molar-refractivity contribution < 1.29 is 89.4 Å². The van der Waals surface area contributed by atoms with E-state index in [9.17, 15) is 61.0 Å². The Kier molecular flexibility index (Phi) is 64.7. The summed E-state index contributed by atoms with van der Waals surface area (Å²) in [5, 5.41) is 121. The highest BCUT2D eigenvalue weighted by Gasteiger charge is 2.54. The van der Waals surface area contributed by atoms with Crippen molar-refractivity contribution in [2.75, 3.05) is 26.4 Å². The highest BCUT2D eigenvalue weighted by atomic mass is 16.8. The number of allylic oxidation sites excluding steroid dienone is 3. The molecule has 17 unspecified atom stereocenters. The number of unbranched alkanes of at least 4 members (excludes halogenated alkanes) is 57. The summed E-state index contributed by atoms with van der Waals surface area (Å²) in [6.45, 7) is 1.81. The van der Waals surface area contributed by atoms with Gasteiger partial charge in [-0.3, -0.25) is 4.79 Å². The molecular weight excluding hydrogens is 1370 g/mol. The number of hydrogen-bond acceptors (Lipinski definition) is 18. The Morgan fingerprint density at radius 3 is 0.898 bits per heavy atom.